The minimum absolute atomic E-state index is 0.0856. The highest BCUT2D eigenvalue weighted by Gasteiger charge is 2.13. The number of halogens is 1. The number of rotatable bonds is 3. The molecule has 1 heterocycles. The van der Waals surface area contributed by atoms with Crippen molar-refractivity contribution in [2.75, 3.05) is 7.11 Å². The molecular weight excluding hydrogens is 248 g/mol. The Kier molecular flexibility index (Phi) is 3.69. The molecule has 0 saturated carbocycles. The molecule has 78 valence electrons. The van der Waals surface area contributed by atoms with Crippen LogP contribution in [0.4, 0.5) is 0 Å². The van der Waals surface area contributed by atoms with Crippen molar-refractivity contribution in [3.63, 3.8) is 0 Å². The highest BCUT2D eigenvalue weighted by molar-refractivity contribution is 9.10. The van der Waals surface area contributed by atoms with E-state index in [1.165, 1.54) is 13.3 Å². The summed E-state index contributed by atoms with van der Waals surface area (Å²) in [5, 5.41) is 0. The van der Waals surface area contributed by atoms with E-state index in [0.29, 0.717) is 10.5 Å². The average Bonchev–Trinajstić information content (AvgIpc) is 2.20. The molecule has 0 spiro atoms. The van der Waals surface area contributed by atoms with E-state index in [9.17, 15) is 4.79 Å². The lowest BCUT2D eigenvalue weighted by molar-refractivity contribution is 0.324. The molecule has 0 fully saturated rings. The van der Waals surface area contributed by atoms with Gasteiger partial charge in [-0.3, -0.25) is 9.36 Å². The van der Waals surface area contributed by atoms with E-state index >= 15 is 0 Å². The van der Waals surface area contributed by atoms with E-state index in [1.54, 1.807) is 4.57 Å². The smallest absolute Gasteiger partial charge is 0.299 e. The molecule has 4 nitrogen and oxygen atoms in total. The molecule has 0 aliphatic heterocycles. The van der Waals surface area contributed by atoms with Gasteiger partial charge in [0.2, 0.25) is 0 Å². The molecule has 14 heavy (non-hydrogen) atoms. The summed E-state index contributed by atoms with van der Waals surface area (Å²) in [6, 6.07) is 0.440. The van der Waals surface area contributed by atoms with Gasteiger partial charge in [0, 0.05) is 6.04 Å². The van der Waals surface area contributed by atoms with Crippen LogP contribution in [-0.4, -0.2) is 16.7 Å². The molecule has 1 rings (SSSR count). The SMILES string of the molecule is CCC(C)n1c(OC)ncc(Br)c1=O. The average molecular weight is 261 g/mol. The molecule has 0 N–H and O–H groups in total. The topological polar surface area (TPSA) is 44.1 Å². The van der Waals surface area contributed by atoms with Gasteiger partial charge in [0.15, 0.2) is 0 Å². The zero-order valence-corrected chi connectivity index (χ0v) is 10.0. The van der Waals surface area contributed by atoms with Gasteiger partial charge in [0.05, 0.1) is 13.3 Å². The zero-order chi connectivity index (χ0) is 10.7. The summed E-state index contributed by atoms with van der Waals surface area (Å²) < 4.78 is 7.04. The maximum Gasteiger partial charge on any atom is 0.299 e. The monoisotopic (exact) mass is 260 g/mol. The molecule has 1 aromatic rings. The van der Waals surface area contributed by atoms with E-state index in [0.717, 1.165) is 6.42 Å². The van der Waals surface area contributed by atoms with Gasteiger partial charge in [-0.05, 0) is 29.3 Å². The summed E-state index contributed by atoms with van der Waals surface area (Å²) in [6.07, 6.45) is 2.31. The summed E-state index contributed by atoms with van der Waals surface area (Å²) >= 11 is 3.16. The first kappa shape index (κ1) is 11.2. The van der Waals surface area contributed by atoms with Gasteiger partial charge in [0.25, 0.3) is 11.6 Å². The summed E-state index contributed by atoms with van der Waals surface area (Å²) in [7, 11) is 1.51. The Morgan fingerprint density at radius 3 is 2.86 bits per heavy atom. The standard InChI is InChI=1S/C9H13BrN2O2/c1-4-6(2)12-8(13)7(10)5-11-9(12)14-3/h5-6H,4H2,1-3H3. The van der Waals surface area contributed by atoms with Crippen LogP contribution in [0.15, 0.2) is 15.5 Å². The summed E-state index contributed by atoms with van der Waals surface area (Å²) in [6.45, 7) is 3.97. The van der Waals surface area contributed by atoms with Crippen molar-refractivity contribution in [2.24, 2.45) is 0 Å². The first-order valence-electron chi connectivity index (χ1n) is 4.42. The number of aromatic nitrogens is 2. The first-order valence-corrected chi connectivity index (χ1v) is 5.22. The summed E-state index contributed by atoms with van der Waals surface area (Å²) in [5.41, 5.74) is -0.105. The van der Waals surface area contributed by atoms with Crippen LogP contribution in [0.3, 0.4) is 0 Å². The second-order valence-corrected chi connectivity index (χ2v) is 3.88. The Bertz CT molecular complexity index is 376. The Labute approximate surface area is 91.0 Å². The molecule has 1 aromatic heterocycles. The van der Waals surface area contributed by atoms with Gasteiger partial charge in [-0.15, -0.1) is 0 Å². The molecule has 5 heteroatoms. The van der Waals surface area contributed by atoms with Crippen LogP contribution in [0.1, 0.15) is 26.3 Å². The van der Waals surface area contributed by atoms with Crippen LogP contribution < -0.4 is 10.3 Å². The maximum absolute atomic E-state index is 11.7. The van der Waals surface area contributed by atoms with Crippen molar-refractivity contribution in [1.82, 2.24) is 9.55 Å². The molecule has 0 amide bonds. The van der Waals surface area contributed by atoms with E-state index in [4.69, 9.17) is 4.74 Å². The van der Waals surface area contributed by atoms with Gasteiger partial charge in [-0.25, -0.2) is 4.98 Å². The second-order valence-electron chi connectivity index (χ2n) is 3.03. The number of methoxy groups -OCH3 is 1. The van der Waals surface area contributed by atoms with E-state index in [2.05, 4.69) is 20.9 Å². The van der Waals surface area contributed by atoms with Gasteiger partial charge >= 0.3 is 0 Å². The highest BCUT2D eigenvalue weighted by atomic mass is 79.9. The summed E-state index contributed by atoms with van der Waals surface area (Å²) in [5.74, 6) is 0. The van der Waals surface area contributed by atoms with Crippen LogP contribution in [-0.2, 0) is 0 Å². The molecule has 0 aliphatic rings. The molecule has 1 atom stereocenters. The van der Waals surface area contributed by atoms with Crippen LogP contribution >= 0.6 is 15.9 Å². The normalized spacial score (nSPS) is 12.6. The van der Waals surface area contributed by atoms with Gasteiger partial charge in [-0.1, -0.05) is 6.92 Å². The van der Waals surface area contributed by atoms with Crippen LogP contribution in [0.25, 0.3) is 0 Å². The number of hydrogen-bond acceptors (Lipinski definition) is 3. The second kappa shape index (κ2) is 4.59. The van der Waals surface area contributed by atoms with Gasteiger partial charge in [-0.2, -0.15) is 0 Å². The van der Waals surface area contributed by atoms with Crippen molar-refractivity contribution in [2.45, 2.75) is 26.3 Å². The lowest BCUT2D eigenvalue weighted by atomic mass is 10.2. The Morgan fingerprint density at radius 2 is 2.36 bits per heavy atom. The van der Waals surface area contributed by atoms with Crippen LogP contribution in [0.5, 0.6) is 6.01 Å². The third kappa shape index (κ3) is 1.97. The third-order valence-electron chi connectivity index (χ3n) is 2.13. The molecule has 1 unspecified atom stereocenters. The minimum atomic E-state index is -0.105. The molecule has 0 bridgehead atoms. The van der Waals surface area contributed by atoms with Gasteiger partial charge < -0.3 is 4.74 Å². The van der Waals surface area contributed by atoms with Crippen molar-refractivity contribution in [1.29, 1.82) is 0 Å². The molecule has 0 aliphatic carbocycles. The number of nitrogens with zero attached hydrogens (tertiary/aromatic N) is 2. The fraction of sp³-hybridized carbons (Fsp3) is 0.556. The van der Waals surface area contributed by atoms with Crippen LogP contribution in [0.2, 0.25) is 0 Å². The maximum atomic E-state index is 11.7. The molecule has 0 aromatic carbocycles. The highest BCUT2D eigenvalue weighted by Crippen LogP contribution is 2.16. The Hall–Kier alpha value is -0.840. The Balaban J connectivity index is 3.35. The van der Waals surface area contributed by atoms with Crippen molar-refractivity contribution in [3.8, 4) is 6.01 Å². The lowest BCUT2D eigenvalue weighted by Gasteiger charge is -2.15. The Morgan fingerprint density at radius 1 is 1.71 bits per heavy atom. The van der Waals surface area contributed by atoms with E-state index in [1.807, 2.05) is 13.8 Å². The van der Waals surface area contributed by atoms with Gasteiger partial charge in [0.1, 0.15) is 4.47 Å². The minimum Gasteiger partial charge on any atom is -0.468 e. The van der Waals surface area contributed by atoms with Crippen molar-refractivity contribution < 1.29 is 4.74 Å². The summed E-state index contributed by atoms with van der Waals surface area (Å²) in [4.78, 5) is 15.8. The molecule has 0 radical (unpaired) electrons. The third-order valence-corrected chi connectivity index (χ3v) is 2.68. The van der Waals surface area contributed by atoms with E-state index in [-0.39, 0.29) is 11.6 Å². The predicted octanol–water partition coefficient (Wildman–Crippen LogP) is 1.99. The number of hydrogen-bond donors (Lipinski definition) is 0. The zero-order valence-electron chi connectivity index (χ0n) is 8.45. The van der Waals surface area contributed by atoms with Crippen LogP contribution in [0, 0.1) is 0 Å². The van der Waals surface area contributed by atoms with E-state index < -0.39 is 0 Å². The quantitative estimate of drug-likeness (QED) is 0.835. The largest absolute Gasteiger partial charge is 0.468 e. The first-order chi connectivity index (χ1) is 6.61. The lowest BCUT2D eigenvalue weighted by Crippen LogP contribution is -2.25. The number of ether oxygens (including phenoxy) is 1. The molecular formula is C9H13BrN2O2. The fourth-order valence-corrected chi connectivity index (χ4v) is 1.45. The molecule has 0 saturated heterocycles. The van der Waals surface area contributed by atoms with Crippen molar-refractivity contribution >= 4 is 15.9 Å². The fourth-order valence-electron chi connectivity index (χ4n) is 1.15. The predicted molar refractivity (Wildman–Crippen MR) is 57.8 cm³/mol. The van der Waals surface area contributed by atoms with Crippen molar-refractivity contribution in [3.05, 3.63) is 21.0 Å².